The molecule has 1 aromatic carbocycles. The van der Waals surface area contributed by atoms with Gasteiger partial charge in [-0.05, 0) is 12.1 Å². The predicted molar refractivity (Wildman–Crippen MR) is 108 cm³/mol. The van der Waals surface area contributed by atoms with Crippen LogP contribution in [0.1, 0.15) is 50.5 Å². The molecule has 30 heavy (non-hydrogen) atoms. The predicted octanol–water partition coefficient (Wildman–Crippen LogP) is 4.15. The summed E-state index contributed by atoms with van der Waals surface area (Å²) in [5, 5.41) is 5.80. The number of hydrogen-bond acceptors (Lipinski definition) is 8. The quantitative estimate of drug-likeness (QED) is 0.493. The SMILES string of the molecule is CC(=O)N(c1nc(COC(=O)CCc2nc(C(C)C)no2)cs1)c1ccccc1F. The lowest BCUT2D eigenvalue weighted by molar-refractivity contribution is -0.145. The van der Waals surface area contributed by atoms with Gasteiger partial charge in [-0.1, -0.05) is 31.1 Å². The molecule has 0 saturated heterocycles. The third kappa shape index (κ3) is 5.26. The number of aryl methyl sites for hydroxylation is 1. The number of nitrogens with zero attached hydrogens (tertiary/aromatic N) is 4. The van der Waals surface area contributed by atoms with Crippen LogP contribution in [-0.2, 0) is 27.4 Å². The van der Waals surface area contributed by atoms with Crippen molar-refractivity contribution >= 4 is 34.0 Å². The molecule has 0 radical (unpaired) electrons. The third-order valence-corrected chi connectivity index (χ3v) is 4.94. The Balaban J connectivity index is 1.57. The van der Waals surface area contributed by atoms with E-state index in [2.05, 4.69) is 15.1 Å². The minimum absolute atomic E-state index is 0.0561. The minimum Gasteiger partial charge on any atom is -0.459 e. The van der Waals surface area contributed by atoms with Crippen LogP contribution in [-0.4, -0.2) is 27.0 Å². The summed E-state index contributed by atoms with van der Waals surface area (Å²) in [4.78, 5) is 33.8. The zero-order valence-electron chi connectivity index (χ0n) is 16.8. The molecule has 3 aromatic rings. The van der Waals surface area contributed by atoms with E-state index in [1.54, 1.807) is 17.5 Å². The van der Waals surface area contributed by atoms with Crippen LogP contribution < -0.4 is 4.90 Å². The largest absolute Gasteiger partial charge is 0.459 e. The van der Waals surface area contributed by atoms with E-state index in [1.807, 2.05) is 13.8 Å². The Morgan fingerprint density at radius 3 is 2.70 bits per heavy atom. The fraction of sp³-hybridized carbons (Fsp3) is 0.350. The van der Waals surface area contributed by atoms with Crippen molar-refractivity contribution in [3.05, 3.63) is 52.9 Å². The van der Waals surface area contributed by atoms with Crippen LogP contribution in [0.2, 0.25) is 0 Å². The second-order valence-corrected chi connectivity index (χ2v) is 7.63. The van der Waals surface area contributed by atoms with Gasteiger partial charge in [0.15, 0.2) is 11.0 Å². The average Bonchev–Trinajstić information content (AvgIpc) is 3.36. The molecular weight excluding hydrogens is 411 g/mol. The van der Waals surface area contributed by atoms with Crippen molar-refractivity contribution in [2.45, 2.75) is 46.1 Å². The van der Waals surface area contributed by atoms with E-state index >= 15 is 0 Å². The Morgan fingerprint density at radius 1 is 1.27 bits per heavy atom. The van der Waals surface area contributed by atoms with Crippen molar-refractivity contribution in [3.63, 3.8) is 0 Å². The maximum Gasteiger partial charge on any atom is 0.306 e. The summed E-state index contributed by atoms with van der Waals surface area (Å²) in [7, 11) is 0. The molecule has 0 bridgehead atoms. The molecule has 0 aliphatic heterocycles. The number of para-hydroxylation sites is 1. The summed E-state index contributed by atoms with van der Waals surface area (Å²) < 4.78 is 24.4. The molecule has 1 amide bonds. The number of ether oxygens (including phenoxy) is 1. The zero-order chi connectivity index (χ0) is 21.7. The van der Waals surface area contributed by atoms with Crippen LogP contribution in [0.15, 0.2) is 34.2 Å². The topological polar surface area (TPSA) is 98.4 Å². The van der Waals surface area contributed by atoms with E-state index in [0.29, 0.717) is 22.5 Å². The van der Waals surface area contributed by atoms with Crippen LogP contribution in [0.5, 0.6) is 0 Å². The first-order chi connectivity index (χ1) is 14.3. The van der Waals surface area contributed by atoms with Gasteiger partial charge in [0.05, 0.1) is 17.8 Å². The number of esters is 1. The maximum absolute atomic E-state index is 14.1. The Hall–Kier alpha value is -3.14. The molecule has 0 N–H and O–H groups in total. The Bertz CT molecular complexity index is 1030. The van der Waals surface area contributed by atoms with Crippen molar-refractivity contribution in [1.29, 1.82) is 0 Å². The fourth-order valence-corrected chi connectivity index (χ4v) is 3.41. The lowest BCUT2D eigenvalue weighted by Gasteiger charge is -2.18. The maximum atomic E-state index is 14.1. The number of carbonyl (C=O) groups is 2. The number of amides is 1. The highest BCUT2D eigenvalue weighted by Crippen LogP contribution is 2.30. The number of anilines is 2. The van der Waals surface area contributed by atoms with Crippen molar-refractivity contribution in [2.75, 3.05) is 4.90 Å². The standard InChI is InChI=1S/C20H21FN4O4S/c1-12(2)19-23-17(29-24-19)8-9-18(27)28-10-14-11-30-20(22-14)25(13(3)26)16-7-5-4-6-15(16)21/h4-7,11-12H,8-10H2,1-3H3. The van der Waals surface area contributed by atoms with Gasteiger partial charge in [-0.25, -0.2) is 9.37 Å². The molecule has 10 heteroatoms. The second-order valence-electron chi connectivity index (χ2n) is 6.79. The van der Waals surface area contributed by atoms with E-state index in [1.165, 1.54) is 24.0 Å². The van der Waals surface area contributed by atoms with Gasteiger partial charge in [-0.3, -0.25) is 14.5 Å². The van der Waals surface area contributed by atoms with Crippen LogP contribution in [0, 0.1) is 5.82 Å². The second kappa shape index (κ2) is 9.57. The fourth-order valence-electron chi connectivity index (χ4n) is 2.55. The van der Waals surface area contributed by atoms with Crippen molar-refractivity contribution < 1.29 is 23.2 Å². The molecule has 0 saturated carbocycles. The molecule has 2 heterocycles. The minimum atomic E-state index is -0.530. The van der Waals surface area contributed by atoms with Crippen LogP contribution in [0.3, 0.4) is 0 Å². The van der Waals surface area contributed by atoms with Crippen LogP contribution >= 0.6 is 11.3 Å². The number of aromatic nitrogens is 3. The molecule has 2 aromatic heterocycles. The first-order valence-electron chi connectivity index (χ1n) is 9.33. The molecule has 0 aliphatic rings. The summed E-state index contributed by atoms with van der Waals surface area (Å²) in [5.74, 6) is -0.221. The van der Waals surface area contributed by atoms with E-state index in [-0.39, 0.29) is 37.0 Å². The first kappa shape index (κ1) is 21.6. The monoisotopic (exact) mass is 432 g/mol. The number of rotatable bonds is 8. The lowest BCUT2D eigenvalue weighted by atomic mass is 10.2. The summed E-state index contributed by atoms with van der Waals surface area (Å²) in [6.07, 6.45) is 0.373. The molecule has 0 spiro atoms. The van der Waals surface area contributed by atoms with Gasteiger partial charge in [0, 0.05) is 24.6 Å². The number of halogens is 1. The van der Waals surface area contributed by atoms with Gasteiger partial charge in [-0.2, -0.15) is 4.98 Å². The van der Waals surface area contributed by atoms with Crippen LogP contribution in [0.25, 0.3) is 0 Å². The average molecular weight is 432 g/mol. The Labute approximate surface area is 176 Å². The van der Waals surface area contributed by atoms with Gasteiger partial charge in [0.25, 0.3) is 0 Å². The van der Waals surface area contributed by atoms with Gasteiger partial charge in [0.2, 0.25) is 11.8 Å². The molecule has 0 unspecified atom stereocenters. The van der Waals surface area contributed by atoms with Gasteiger partial charge < -0.3 is 9.26 Å². The third-order valence-electron chi connectivity index (χ3n) is 4.06. The van der Waals surface area contributed by atoms with E-state index in [4.69, 9.17) is 9.26 Å². The van der Waals surface area contributed by atoms with Crippen molar-refractivity contribution in [3.8, 4) is 0 Å². The summed E-state index contributed by atoms with van der Waals surface area (Å²) in [5.41, 5.74) is 0.578. The van der Waals surface area contributed by atoms with Gasteiger partial charge in [-0.15, -0.1) is 11.3 Å². The zero-order valence-corrected chi connectivity index (χ0v) is 17.6. The molecule has 3 rings (SSSR count). The highest BCUT2D eigenvalue weighted by Gasteiger charge is 2.21. The number of carbonyl (C=O) groups excluding carboxylic acids is 2. The molecule has 8 nitrogen and oxygen atoms in total. The first-order valence-corrected chi connectivity index (χ1v) is 10.2. The van der Waals surface area contributed by atoms with E-state index in [0.717, 1.165) is 11.3 Å². The smallest absolute Gasteiger partial charge is 0.306 e. The van der Waals surface area contributed by atoms with E-state index < -0.39 is 11.8 Å². The molecule has 158 valence electrons. The van der Waals surface area contributed by atoms with E-state index in [9.17, 15) is 14.0 Å². The van der Waals surface area contributed by atoms with Gasteiger partial charge in [0.1, 0.15) is 12.4 Å². The summed E-state index contributed by atoms with van der Waals surface area (Å²) >= 11 is 1.16. The molecular formula is C20H21FN4O4S. The number of hydrogen-bond donors (Lipinski definition) is 0. The van der Waals surface area contributed by atoms with Gasteiger partial charge >= 0.3 is 5.97 Å². The summed E-state index contributed by atoms with van der Waals surface area (Å²) in [6, 6.07) is 5.95. The highest BCUT2D eigenvalue weighted by molar-refractivity contribution is 7.14. The normalized spacial score (nSPS) is 11.0. The molecule has 0 atom stereocenters. The lowest BCUT2D eigenvalue weighted by Crippen LogP contribution is -2.23. The van der Waals surface area contributed by atoms with Crippen LogP contribution in [0.4, 0.5) is 15.2 Å². The number of benzene rings is 1. The number of thiazole rings is 1. The Kier molecular flexibility index (Phi) is 6.88. The molecule has 0 fully saturated rings. The Morgan fingerprint density at radius 2 is 2.03 bits per heavy atom. The van der Waals surface area contributed by atoms with Crippen molar-refractivity contribution in [1.82, 2.24) is 15.1 Å². The van der Waals surface area contributed by atoms with Crippen molar-refractivity contribution in [2.24, 2.45) is 0 Å². The molecule has 0 aliphatic carbocycles. The highest BCUT2D eigenvalue weighted by atomic mass is 32.1. The summed E-state index contributed by atoms with van der Waals surface area (Å²) in [6.45, 7) is 5.17.